The van der Waals surface area contributed by atoms with E-state index >= 15 is 0 Å². The molecule has 0 unspecified atom stereocenters. The SMILES string of the molecule is COC(=O)c1ccc(N)c(Nc2c(C)cc(C)cc2C)c1. The van der Waals surface area contributed by atoms with Crippen LogP contribution in [0.1, 0.15) is 27.0 Å². The largest absolute Gasteiger partial charge is 0.465 e. The molecule has 2 aromatic carbocycles. The van der Waals surface area contributed by atoms with Crippen molar-refractivity contribution in [3.05, 3.63) is 52.6 Å². The van der Waals surface area contributed by atoms with Crippen molar-refractivity contribution < 1.29 is 9.53 Å². The first-order valence-electron chi connectivity index (χ1n) is 6.75. The monoisotopic (exact) mass is 284 g/mol. The molecule has 0 radical (unpaired) electrons. The van der Waals surface area contributed by atoms with Gasteiger partial charge < -0.3 is 15.8 Å². The van der Waals surface area contributed by atoms with Crippen molar-refractivity contribution >= 4 is 23.0 Å². The molecule has 0 aliphatic heterocycles. The summed E-state index contributed by atoms with van der Waals surface area (Å²) in [4.78, 5) is 11.6. The molecule has 0 saturated heterocycles. The van der Waals surface area contributed by atoms with E-state index in [1.54, 1.807) is 18.2 Å². The predicted octanol–water partition coefficient (Wildman–Crippen LogP) is 3.72. The van der Waals surface area contributed by atoms with Crippen LogP contribution in [-0.4, -0.2) is 13.1 Å². The van der Waals surface area contributed by atoms with Gasteiger partial charge in [-0.3, -0.25) is 0 Å². The Hall–Kier alpha value is -2.49. The highest BCUT2D eigenvalue weighted by Gasteiger charge is 2.10. The number of methoxy groups -OCH3 is 1. The van der Waals surface area contributed by atoms with Gasteiger partial charge in [0.25, 0.3) is 0 Å². The zero-order chi connectivity index (χ0) is 15.6. The Bertz CT molecular complexity index is 670. The molecule has 0 bridgehead atoms. The third-order valence-electron chi connectivity index (χ3n) is 3.41. The van der Waals surface area contributed by atoms with E-state index in [4.69, 9.17) is 10.5 Å². The van der Waals surface area contributed by atoms with Crippen molar-refractivity contribution in [2.45, 2.75) is 20.8 Å². The number of anilines is 3. The Morgan fingerprint density at radius 3 is 2.29 bits per heavy atom. The van der Waals surface area contributed by atoms with E-state index < -0.39 is 0 Å². The Morgan fingerprint density at radius 2 is 1.71 bits per heavy atom. The fourth-order valence-corrected chi connectivity index (χ4v) is 2.42. The lowest BCUT2D eigenvalue weighted by Gasteiger charge is -2.16. The van der Waals surface area contributed by atoms with Crippen molar-refractivity contribution in [1.29, 1.82) is 0 Å². The molecule has 0 aliphatic carbocycles. The third-order valence-corrected chi connectivity index (χ3v) is 3.41. The number of carbonyl (C=O) groups is 1. The van der Waals surface area contributed by atoms with Crippen LogP contribution in [0.25, 0.3) is 0 Å². The molecular weight excluding hydrogens is 264 g/mol. The Balaban J connectivity index is 2.42. The van der Waals surface area contributed by atoms with Crippen molar-refractivity contribution in [2.75, 3.05) is 18.2 Å². The van der Waals surface area contributed by atoms with Crippen LogP contribution in [0.4, 0.5) is 17.1 Å². The van der Waals surface area contributed by atoms with Crippen LogP contribution in [0.5, 0.6) is 0 Å². The minimum Gasteiger partial charge on any atom is -0.465 e. The summed E-state index contributed by atoms with van der Waals surface area (Å²) in [6, 6.07) is 9.28. The Labute approximate surface area is 124 Å². The average Bonchev–Trinajstić information content (AvgIpc) is 2.43. The van der Waals surface area contributed by atoms with Crippen molar-refractivity contribution in [2.24, 2.45) is 0 Å². The van der Waals surface area contributed by atoms with Crippen LogP contribution in [0.2, 0.25) is 0 Å². The summed E-state index contributed by atoms with van der Waals surface area (Å²) in [6.45, 7) is 6.15. The lowest BCUT2D eigenvalue weighted by Crippen LogP contribution is -2.05. The van der Waals surface area contributed by atoms with Crippen LogP contribution < -0.4 is 11.1 Å². The summed E-state index contributed by atoms with van der Waals surface area (Å²) in [6.07, 6.45) is 0. The minimum absolute atomic E-state index is 0.379. The number of aryl methyl sites for hydroxylation is 3. The number of benzene rings is 2. The number of nitrogens with one attached hydrogen (secondary N) is 1. The van der Waals surface area contributed by atoms with Crippen LogP contribution >= 0.6 is 0 Å². The predicted molar refractivity (Wildman–Crippen MR) is 86.1 cm³/mol. The van der Waals surface area contributed by atoms with Gasteiger partial charge in [-0.15, -0.1) is 0 Å². The topological polar surface area (TPSA) is 64.3 Å². The van der Waals surface area contributed by atoms with Gasteiger partial charge in [0, 0.05) is 5.69 Å². The third kappa shape index (κ3) is 3.16. The quantitative estimate of drug-likeness (QED) is 0.666. The first-order valence-corrected chi connectivity index (χ1v) is 6.75. The van der Waals surface area contributed by atoms with Crippen LogP contribution in [0.15, 0.2) is 30.3 Å². The van der Waals surface area contributed by atoms with E-state index in [1.165, 1.54) is 12.7 Å². The van der Waals surface area contributed by atoms with Gasteiger partial charge in [-0.05, 0) is 50.1 Å². The second-order valence-electron chi connectivity index (χ2n) is 5.19. The van der Waals surface area contributed by atoms with E-state index in [0.29, 0.717) is 16.9 Å². The smallest absolute Gasteiger partial charge is 0.337 e. The Kier molecular flexibility index (Phi) is 4.17. The number of hydrogen-bond acceptors (Lipinski definition) is 4. The normalized spacial score (nSPS) is 10.3. The number of ether oxygens (including phenoxy) is 1. The van der Waals surface area contributed by atoms with Crippen molar-refractivity contribution in [3.63, 3.8) is 0 Å². The van der Waals surface area contributed by atoms with E-state index in [0.717, 1.165) is 16.8 Å². The number of carbonyl (C=O) groups excluding carboxylic acids is 1. The van der Waals surface area contributed by atoms with Crippen LogP contribution in [0.3, 0.4) is 0 Å². The summed E-state index contributed by atoms with van der Waals surface area (Å²) in [5.74, 6) is -0.379. The van der Waals surface area contributed by atoms with Gasteiger partial charge in [-0.2, -0.15) is 0 Å². The molecule has 0 aliphatic rings. The molecule has 2 aromatic rings. The standard InChI is InChI=1S/C17H20N2O2/c1-10-7-11(2)16(12(3)8-10)19-15-9-13(17(20)21-4)5-6-14(15)18/h5-9,19H,18H2,1-4H3. The lowest BCUT2D eigenvalue weighted by atomic mass is 10.0. The van der Waals surface area contributed by atoms with Gasteiger partial charge in [0.15, 0.2) is 0 Å². The number of rotatable bonds is 3. The second-order valence-corrected chi connectivity index (χ2v) is 5.19. The summed E-state index contributed by atoms with van der Waals surface area (Å²) in [7, 11) is 1.36. The van der Waals surface area contributed by atoms with Crippen LogP contribution in [-0.2, 0) is 4.74 Å². The molecule has 2 rings (SSSR count). The van der Waals surface area contributed by atoms with Gasteiger partial charge in [0.05, 0.1) is 24.0 Å². The second kappa shape index (κ2) is 5.87. The fraction of sp³-hybridized carbons (Fsp3) is 0.235. The first-order chi connectivity index (χ1) is 9.92. The molecule has 110 valence electrons. The molecule has 21 heavy (non-hydrogen) atoms. The minimum atomic E-state index is -0.379. The molecule has 3 N–H and O–H groups in total. The molecular formula is C17H20N2O2. The van der Waals surface area contributed by atoms with E-state index in [9.17, 15) is 4.79 Å². The number of nitrogens with two attached hydrogens (primary N) is 1. The highest BCUT2D eigenvalue weighted by atomic mass is 16.5. The molecule has 0 atom stereocenters. The summed E-state index contributed by atoms with van der Waals surface area (Å²) < 4.78 is 4.74. The molecule has 0 fully saturated rings. The summed E-state index contributed by atoms with van der Waals surface area (Å²) in [5.41, 5.74) is 12.2. The zero-order valence-electron chi connectivity index (χ0n) is 12.8. The molecule has 4 heteroatoms. The van der Waals surface area contributed by atoms with Gasteiger partial charge in [-0.25, -0.2) is 4.79 Å². The summed E-state index contributed by atoms with van der Waals surface area (Å²) >= 11 is 0. The maximum Gasteiger partial charge on any atom is 0.337 e. The first kappa shape index (κ1) is 14.9. The number of esters is 1. The van der Waals surface area contributed by atoms with Crippen molar-refractivity contribution in [3.8, 4) is 0 Å². The molecule has 0 saturated carbocycles. The maximum atomic E-state index is 11.6. The van der Waals surface area contributed by atoms with Gasteiger partial charge in [0.2, 0.25) is 0 Å². The summed E-state index contributed by atoms with van der Waals surface area (Å²) in [5, 5.41) is 3.32. The van der Waals surface area contributed by atoms with Gasteiger partial charge in [0.1, 0.15) is 0 Å². The maximum absolute atomic E-state index is 11.6. The van der Waals surface area contributed by atoms with E-state index in [-0.39, 0.29) is 5.97 Å². The number of hydrogen-bond donors (Lipinski definition) is 2. The molecule has 0 amide bonds. The highest BCUT2D eigenvalue weighted by molar-refractivity contribution is 5.92. The number of nitrogen functional groups attached to an aromatic ring is 1. The zero-order valence-corrected chi connectivity index (χ0v) is 12.8. The van der Waals surface area contributed by atoms with Crippen molar-refractivity contribution in [1.82, 2.24) is 0 Å². The van der Waals surface area contributed by atoms with E-state index in [2.05, 4.69) is 24.4 Å². The molecule has 4 nitrogen and oxygen atoms in total. The van der Waals surface area contributed by atoms with E-state index in [1.807, 2.05) is 13.8 Å². The molecule has 0 spiro atoms. The highest BCUT2D eigenvalue weighted by Crippen LogP contribution is 2.29. The van der Waals surface area contributed by atoms with Crippen LogP contribution in [0, 0.1) is 20.8 Å². The van der Waals surface area contributed by atoms with Gasteiger partial charge in [-0.1, -0.05) is 17.7 Å². The molecule has 0 aromatic heterocycles. The average molecular weight is 284 g/mol. The lowest BCUT2D eigenvalue weighted by molar-refractivity contribution is 0.0601. The fourth-order valence-electron chi connectivity index (χ4n) is 2.42. The van der Waals surface area contributed by atoms with Gasteiger partial charge >= 0.3 is 5.97 Å². The Morgan fingerprint density at radius 1 is 1.10 bits per heavy atom. The molecule has 0 heterocycles.